The van der Waals surface area contributed by atoms with Crippen molar-refractivity contribution < 1.29 is 18.9 Å². The molecule has 5 atom stereocenters. The van der Waals surface area contributed by atoms with E-state index in [9.17, 15) is 0 Å². The summed E-state index contributed by atoms with van der Waals surface area (Å²) in [6.45, 7) is 8.07. The van der Waals surface area contributed by atoms with E-state index in [0.29, 0.717) is 0 Å². The van der Waals surface area contributed by atoms with Gasteiger partial charge in [0.25, 0.3) is 0 Å². The Bertz CT molecular complexity index is 249. The molecule has 17 heavy (non-hydrogen) atoms. The van der Waals surface area contributed by atoms with Gasteiger partial charge in [0.2, 0.25) is 0 Å². The van der Waals surface area contributed by atoms with Crippen molar-refractivity contribution in [2.24, 2.45) is 0 Å². The number of ether oxygens (including phenoxy) is 4. The average molecular weight is 244 g/mol. The molecular formula is C12H25BO4. The molecule has 4 unspecified atom stereocenters. The van der Waals surface area contributed by atoms with Crippen molar-refractivity contribution in [2.45, 2.75) is 63.7 Å². The highest BCUT2D eigenvalue weighted by Crippen LogP contribution is 2.37. The van der Waals surface area contributed by atoms with Crippen molar-refractivity contribution in [3.05, 3.63) is 0 Å². The maximum absolute atomic E-state index is 6.04. The van der Waals surface area contributed by atoms with E-state index >= 15 is 0 Å². The standard InChI is InChI=1S/C12H25BO4/c1-7(2)16-9-10(15-6)12(4,8(3)14-5)17-11(9)13/h7-11H,13H2,1-6H3/t8?,9?,10?,11-,12?/m1/s1. The van der Waals surface area contributed by atoms with Crippen LogP contribution in [0.5, 0.6) is 0 Å². The second-order valence-electron chi connectivity index (χ2n) is 5.19. The summed E-state index contributed by atoms with van der Waals surface area (Å²) in [7, 11) is 5.41. The summed E-state index contributed by atoms with van der Waals surface area (Å²) in [4.78, 5) is 0. The Morgan fingerprint density at radius 3 is 2.24 bits per heavy atom. The first-order valence-electron chi connectivity index (χ1n) is 6.25. The van der Waals surface area contributed by atoms with E-state index in [-0.39, 0.29) is 30.4 Å². The molecule has 0 aromatic rings. The van der Waals surface area contributed by atoms with E-state index in [1.807, 2.05) is 35.5 Å². The van der Waals surface area contributed by atoms with E-state index in [1.54, 1.807) is 14.2 Å². The smallest absolute Gasteiger partial charge is 0.142 e. The van der Waals surface area contributed by atoms with Crippen LogP contribution in [-0.2, 0) is 18.9 Å². The molecule has 1 saturated heterocycles. The lowest BCUT2D eigenvalue weighted by molar-refractivity contribution is -0.146. The van der Waals surface area contributed by atoms with Crippen molar-refractivity contribution >= 4 is 7.85 Å². The molecule has 100 valence electrons. The Morgan fingerprint density at radius 1 is 1.24 bits per heavy atom. The Morgan fingerprint density at radius 2 is 1.82 bits per heavy atom. The molecule has 0 bridgehead atoms. The van der Waals surface area contributed by atoms with Crippen molar-refractivity contribution in [1.29, 1.82) is 0 Å². The normalized spacial score (nSPS) is 39.8. The van der Waals surface area contributed by atoms with Crippen LogP contribution in [0.15, 0.2) is 0 Å². The fourth-order valence-corrected chi connectivity index (χ4v) is 2.53. The van der Waals surface area contributed by atoms with Gasteiger partial charge in [-0.15, -0.1) is 0 Å². The predicted molar refractivity (Wildman–Crippen MR) is 69.1 cm³/mol. The van der Waals surface area contributed by atoms with Gasteiger partial charge in [-0.1, -0.05) is 0 Å². The van der Waals surface area contributed by atoms with Gasteiger partial charge >= 0.3 is 0 Å². The highest BCUT2D eigenvalue weighted by Gasteiger charge is 2.54. The molecule has 0 saturated carbocycles. The number of methoxy groups -OCH3 is 2. The van der Waals surface area contributed by atoms with Gasteiger partial charge in [0, 0.05) is 14.2 Å². The second-order valence-corrected chi connectivity index (χ2v) is 5.19. The van der Waals surface area contributed by atoms with Gasteiger partial charge < -0.3 is 18.9 Å². The van der Waals surface area contributed by atoms with Gasteiger partial charge in [0.1, 0.15) is 25.7 Å². The Hall–Kier alpha value is -0.0951. The lowest BCUT2D eigenvalue weighted by atomic mass is 9.87. The maximum Gasteiger partial charge on any atom is 0.142 e. The Labute approximate surface area is 105 Å². The van der Waals surface area contributed by atoms with Gasteiger partial charge in [0.05, 0.1) is 18.2 Å². The monoisotopic (exact) mass is 244 g/mol. The first kappa shape index (κ1) is 15.0. The largest absolute Gasteiger partial charge is 0.379 e. The lowest BCUT2D eigenvalue weighted by Gasteiger charge is -2.35. The summed E-state index contributed by atoms with van der Waals surface area (Å²) in [5.74, 6) is 0. The van der Waals surface area contributed by atoms with Gasteiger partial charge in [-0.25, -0.2) is 0 Å². The third-order valence-corrected chi connectivity index (χ3v) is 3.61. The van der Waals surface area contributed by atoms with Crippen molar-refractivity contribution in [3.63, 3.8) is 0 Å². The molecule has 1 fully saturated rings. The van der Waals surface area contributed by atoms with Crippen molar-refractivity contribution in [2.75, 3.05) is 14.2 Å². The molecule has 0 aliphatic carbocycles. The zero-order chi connectivity index (χ0) is 13.2. The highest BCUT2D eigenvalue weighted by molar-refractivity contribution is 6.11. The van der Waals surface area contributed by atoms with Crippen LogP contribution in [0.25, 0.3) is 0 Å². The molecular weight excluding hydrogens is 219 g/mol. The van der Waals surface area contributed by atoms with E-state index in [1.165, 1.54) is 0 Å². The van der Waals surface area contributed by atoms with E-state index in [4.69, 9.17) is 18.9 Å². The third kappa shape index (κ3) is 2.84. The summed E-state index contributed by atoms with van der Waals surface area (Å²) in [6, 6.07) is 0.00458. The minimum Gasteiger partial charge on any atom is -0.379 e. The van der Waals surface area contributed by atoms with Gasteiger partial charge in [-0.05, 0) is 27.7 Å². The molecule has 0 radical (unpaired) electrons. The first-order chi connectivity index (χ1) is 7.86. The third-order valence-electron chi connectivity index (χ3n) is 3.61. The fraction of sp³-hybridized carbons (Fsp3) is 1.00. The highest BCUT2D eigenvalue weighted by atomic mass is 16.6. The molecule has 0 N–H and O–H groups in total. The molecule has 1 aliphatic heterocycles. The summed E-state index contributed by atoms with van der Waals surface area (Å²) < 4.78 is 23.0. The topological polar surface area (TPSA) is 36.9 Å². The van der Waals surface area contributed by atoms with Crippen molar-refractivity contribution in [3.8, 4) is 0 Å². The van der Waals surface area contributed by atoms with Gasteiger partial charge in [-0.3, -0.25) is 0 Å². The van der Waals surface area contributed by atoms with E-state index in [2.05, 4.69) is 0 Å². The average Bonchev–Trinajstić information content (AvgIpc) is 2.49. The minimum absolute atomic E-state index is 0.00458. The maximum atomic E-state index is 6.04. The van der Waals surface area contributed by atoms with Crippen LogP contribution in [0, 0.1) is 0 Å². The van der Waals surface area contributed by atoms with Gasteiger partial charge in [0.15, 0.2) is 0 Å². The molecule has 0 spiro atoms. The molecule has 1 aliphatic rings. The number of hydrogen-bond acceptors (Lipinski definition) is 4. The van der Waals surface area contributed by atoms with Crippen LogP contribution in [-0.4, -0.2) is 58.1 Å². The Kier molecular flexibility index (Phi) is 5.01. The van der Waals surface area contributed by atoms with E-state index in [0.717, 1.165) is 0 Å². The summed E-state index contributed by atoms with van der Waals surface area (Å²) in [5, 5.41) is 0. The van der Waals surface area contributed by atoms with Crippen LogP contribution in [0.2, 0.25) is 0 Å². The van der Waals surface area contributed by atoms with E-state index < -0.39 is 5.60 Å². The first-order valence-corrected chi connectivity index (χ1v) is 6.25. The lowest BCUT2D eigenvalue weighted by Crippen LogP contribution is -2.51. The van der Waals surface area contributed by atoms with Crippen LogP contribution >= 0.6 is 0 Å². The summed E-state index contributed by atoms with van der Waals surface area (Å²) in [5.41, 5.74) is -0.470. The fourth-order valence-electron chi connectivity index (χ4n) is 2.53. The molecule has 0 aromatic carbocycles. The van der Waals surface area contributed by atoms with Crippen LogP contribution in [0.4, 0.5) is 0 Å². The Balaban J connectivity index is 2.89. The summed E-state index contributed by atoms with van der Waals surface area (Å²) >= 11 is 0. The summed E-state index contributed by atoms with van der Waals surface area (Å²) in [6.07, 6.45) is -0.0583. The van der Waals surface area contributed by atoms with Crippen LogP contribution in [0.1, 0.15) is 27.7 Å². The molecule has 5 heteroatoms. The second kappa shape index (κ2) is 5.70. The molecule has 1 heterocycles. The number of rotatable bonds is 5. The SMILES string of the molecule is B[C@@H]1OC(C)(C(C)OC)C(OC)C1OC(C)C. The van der Waals surface area contributed by atoms with Crippen LogP contribution < -0.4 is 0 Å². The van der Waals surface area contributed by atoms with Crippen molar-refractivity contribution in [1.82, 2.24) is 0 Å². The van der Waals surface area contributed by atoms with Crippen LogP contribution in [0.3, 0.4) is 0 Å². The zero-order valence-corrected chi connectivity index (χ0v) is 12.0. The predicted octanol–water partition coefficient (Wildman–Crippen LogP) is 0.578. The molecule has 4 nitrogen and oxygen atoms in total. The minimum atomic E-state index is -0.470. The quantitative estimate of drug-likeness (QED) is 0.663. The molecule has 0 aromatic heterocycles. The molecule has 1 rings (SSSR count). The molecule has 0 amide bonds. The van der Waals surface area contributed by atoms with Gasteiger partial charge in [-0.2, -0.15) is 0 Å². The zero-order valence-electron chi connectivity index (χ0n) is 12.0. The number of hydrogen-bond donors (Lipinski definition) is 0.